The number of amides is 4. The highest BCUT2D eigenvalue weighted by Gasteiger charge is 2.68. The Bertz CT molecular complexity index is 1740. The molecule has 2 fully saturated rings. The number of fused-ring (bicyclic) bond motifs is 1. The van der Waals surface area contributed by atoms with Crippen molar-refractivity contribution >= 4 is 35.5 Å². The second-order valence-corrected chi connectivity index (χ2v) is 11.8. The van der Waals surface area contributed by atoms with Crippen molar-refractivity contribution in [2.75, 3.05) is 26.0 Å². The first-order valence-electron chi connectivity index (χ1n) is 15.2. The Balaban J connectivity index is 0.000000755. The van der Waals surface area contributed by atoms with Gasteiger partial charge in [-0.3, -0.25) is 24.6 Å². The number of carboxylic acids is 1. The van der Waals surface area contributed by atoms with Gasteiger partial charge in [0.15, 0.2) is 0 Å². The highest BCUT2D eigenvalue weighted by atomic mass is 19.4. The summed E-state index contributed by atoms with van der Waals surface area (Å²) >= 11 is 0. The van der Waals surface area contributed by atoms with Crippen molar-refractivity contribution in [3.05, 3.63) is 102 Å². The minimum Gasteiger partial charge on any atom is -0.475 e. The van der Waals surface area contributed by atoms with Gasteiger partial charge in [-0.25, -0.2) is 9.59 Å². The third-order valence-electron chi connectivity index (χ3n) is 8.43. The average Bonchev–Trinajstić information content (AvgIpc) is 3.53. The lowest BCUT2D eigenvalue weighted by Crippen LogP contribution is -2.59. The maximum atomic E-state index is 14.0. The summed E-state index contributed by atoms with van der Waals surface area (Å²) in [5, 5.41) is 12.9. The number of carboxylic acid groups (broad SMARTS) is 1. The van der Waals surface area contributed by atoms with E-state index in [2.05, 4.69) is 10.6 Å². The van der Waals surface area contributed by atoms with Crippen LogP contribution < -0.4 is 10.6 Å². The molecule has 0 unspecified atom stereocenters. The molecule has 0 aromatic heterocycles. The molecule has 3 aromatic carbocycles. The van der Waals surface area contributed by atoms with Gasteiger partial charge in [-0.1, -0.05) is 60.7 Å². The number of alkyl halides is 6. The Kier molecular flexibility index (Phi) is 11.4. The highest BCUT2D eigenvalue weighted by molar-refractivity contribution is 6.09. The second-order valence-electron chi connectivity index (χ2n) is 11.8. The zero-order valence-corrected chi connectivity index (χ0v) is 27.0. The molecular weight excluding hydrogens is 690 g/mol. The SMILES string of the molecule is COC(=O)[C@]1(Cc2ccccc2)N[C@H](CN(C)C(=O)Nc2ccc(C(F)(F)F)cc2)[C@@H]2C(=O)N(Cc3ccccc3)C(=O)[C@@H]21.O=C(O)C(F)(F)F. The Labute approximate surface area is 287 Å². The van der Waals surface area contributed by atoms with Gasteiger partial charge in [0.25, 0.3) is 0 Å². The minimum absolute atomic E-state index is 0.0189. The van der Waals surface area contributed by atoms with E-state index in [1.807, 2.05) is 12.1 Å². The van der Waals surface area contributed by atoms with Crippen LogP contribution in [0.25, 0.3) is 0 Å². The quantitative estimate of drug-likeness (QED) is 0.172. The molecular formula is C34H32F6N4O7. The Morgan fingerprint density at radius 1 is 0.882 bits per heavy atom. The molecule has 17 heteroatoms. The number of aliphatic carboxylic acids is 1. The van der Waals surface area contributed by atoms with Crippen LogP contribution >= 0.6 is 0 Å². The number of halogens is 6. The molecule has 0 spiro atoms. The first-order valence-corrected chi connectivity index (χ1v) is 15.2. The van der Waals surface area contributed by atoms with Gasteiger partial charge in [-0.2, -0.15) is 26.3 Å². The Morgan fingerprint density at radius 3 is 1.90 bits per heavy atom. The number of likely N-dealkylation sites (tertiary alicyclic amines) is 1. The monoisotopic (exact) mass is 722 g/mol. The number of methoxy groups -OCH3 is 1. The van der Waals surface area contributed by atoms with Crippen molar-refractivity contribution in [1.29, 1.82) is 0 Å². The van der Waals surface area contributed by atoms with Gasteiger partial charge in [0, 0.05) is 31.7 Å². The summed E-state index contributed by atoms with van der Waals surface area (Å²) < 4.78 is 75.8. The maximum Gasteiger partial charge on any atom is 0.490 e. The van der Waals surface area contributed by atoms with E-state index < -0.39 is 71.1 Å². The third-order valence-corrected chi connectivity index (χ3v) is 8.43. The van der Waals surface area contributed by atoms with Crippen molar-refractivity contribution in [2.24, 2.45) is 11.8 Å². The largest absolute Gasteiger partial charge is 0.490 e. The molecule has 5 rings (SSSR count). The summed E-state index contributed by atoms with van der Waals surface area (Å²) in [7, 11) is 2.67. The molecule has 51 heavy (non-hydrogen) atoms. The topological polar surface area (TPSA) is 145 Å². The molecule has 3 aromatic rings. The molecule has 0 aliphatic carbocycles. The molecule has 272 valence electrons. The van der Waals surface area contributed by atoms with Gasteiger partial charge >= 0.3 is 30.3 Å². The van der Waals surface area contributed by atoms with Crippen LogP contribution in [-0.4, -0.2) is 83.1 Å². The fourth-order valence-electron chi connectivity index (χ4n) is 6.12. The fraction of sp³-hybridized carbons (Fsp3) is 0.324. The predicted molar refractivity (Wildman–Crippen MR) is 168 cm³/mol. The number of urea groups is 1. The maximum absolute atomic E-state index is 14.0. The normalized spacial score (nSPS) is 21.3. The van der Waals surface area contributed by atoms with E-state index in [-0.39, 0.29) is 25.2 Å². The van der Waals surface area contributed by atoms with Gasteiger partial charge in [-0.15, -0.1) is 0 Å². The number of carbonyl (C=O) groups is 5. The number of likely N-dealkylation sites (N-methyl/N-ethyl adjacent to an activating group) is 1. The van der Waals surface area contributed by atoms with Crippen molar-refractivity contribution < 1.29 is 60.2 Å². The summed E-state index contributed by atoms with van der Waals surface area (Å²) in [5.74, 6) is -6.56. The average molecular weight is 723 g/mol. The van der Waals surface area contributed by atoms with E-state index >= 15 is 0 Å². The summed E-state index contributed by atoms with van der Waals surface area (Å²) in [6.45, 7) is -0.0789. The van der Waals surface area contributed by atoms with Gasteiger partial charge < -0.3 is 20.1 Å². The first kappa shape index (κ1) is 38.4. The number of imide groups is 1. The molecule has 2 aliphatic heterocycles. The highest BCUT2D eigenvalue weighted by Crippen LogP contribution is 2.46. The molecule has 11 nitrogen and oxygen atoms in total. The first-order chi connectivity index (χ1) is 23.9. The number of hydrogen-bond acceptors (Lipinski definition) is 7. The number of esters is 1. The Hall–Kier alpha value is -5.45. The van der Waals surface area contributed by atoms with Crippen molar-refractivity contribution in [3.63, 3.8) is 0 Å². The van der Waals surface area contributed by atoms with E-state index in [4.69, 9.17) is 14.6 Å². The predicted octanol–water partition coefficient (Wildman–Crippen LogP) is 4.73. The van der Waals surface area contributed by atoms with Crippen LogP contribution in [0.15, 0.2) is 84.9 Å². The summed E-state index contributed by atoms with van der Waals surface area (Å²) in [6.07, 6.45) is -9.55. The lowest BCUT2D eigenvalue weighted by molar-refractivity contribution is -0.192. The van der Waals surface area contributed by atoms with E-state index in [9.17, 15) is 45.5 Å². The van der Waals surface area contributed by atoms with Gasteiger partial charge in [0.1, 0.15) is 5.54 Å². The minimum atomic E-state index is -5.08. The van der Waals surface area contributed by atoms with Crippen molar-refractivity contribution in [1.82, 2.24) is 15.1 Å². The van der Waals surface area contributed by atoms with Gasteiger partial charge in [0.2, 0.25) is 11.8 Å². The van der Waals surface area contributed by atoms with E-state index in [1.165, 1.54) is 19.1 Å². The van der Waals surface area contributed by atoms with Crippen LogP contribution in [-0.2, 0) is 43.1 Å². The molecule has 4 atom stereocenters. The molecule has 2 aliphatic rings. The zero-order valence-electron chi connectivity index (χ0n) is 27.0. The van der Waals surface area contributed by atoms with Gasteiger partial charge in [-0.05, 0) is 35.4 Å². The van der Waals surface area contributed by atoms with E-state index in [1.54, 1.807) is 48.5 Å². The van der Waals surface area contributed by atoms with Crippen LogP contribution in [0, 0.1) is 11.8 Å². The molecule has 0 bridgehead atoms. The van der Waals surface area contributed by atoms with Crippen LogP contribution in [0.2, 0.25) is 0 Å². The molecule has 4 amide bonds. The summed E-state index contributed by atoms with van der Waals surface area (Å²) in [6, 6.07) is 20.5. The van der Waals surface area contributed by atoms with Gasteiger partial charge in [0.05, 0.1) is 31.1 Å². The number of rotatable bonds is 8. The zero-order chi connectivity index (χ0) is 37.7. The molecule has 3 N–H and O–H groups in total. The smallest absolute Gasteiger partial charge is 0.475 e. The number of hydrogen-bond donors (Lipinski definition) is 3. The fourth-order valence-corrected chi connectivity index (χ4v) is 6.12. The second kappa shape index (κ2) is 15.2. The lowest BCUT2D eigenvalue weighted by atomic mass is 9.76. The molecule has 2 saturated heterocycles. The third kappa shape index (κ3) is 8.65. The summed E-state index contributed by atoms with van der Waals surface area (Å²) in [5.41, 5.74) is -0.847. The van der Waals surface area contributed by atoms with Crippen LogP contribution in [0.1, 0.15) is 16.7 Å². The number of carbonyl (C=O) groups excluding carboxylic acids is 4. The van der Waals surface area contributed by atoms with Crippen LogP contribution in [0.5, 0.6) is 0 Å². The molecule has 2 heterocycles. The number of benzene rings is 3. The van der Waals surface area contributed by atoms with E-state index in [0.717, 1.165) is 40.3 Å². The number of nitrogens with zero attached hydrogens (tertiary/aromatic N) is 2. The van der Waals surface area contributed by atoms with Crippen molar-refractivity contribution in [2.45, 2.75) is 36.9 Å². The number of nitrogens with one attached hydrogen (secondary N) is 2. The molecule has 0 saturated carbocycles. The number of ether oxygens (including phenoxy) is 1. The molecule has 0 radical (unpaired) electrons. The lowest BCUT2D eigenvalue weighted by Gasteiger charge is -2.33. The van der Waals surface area contributed by atoms with Crippen LogP contribution in [0.4, 0.5) is 36.8 Å². The van der Waals surface area contributed by atoms with Crippen LogP contribution in [0.3, 0.4) is 0 Å². The standard InChI is InChI=1S/C32H31F3N4O5.C2HF3O2/c1-38(30(43)36-23-15-13-22(14-16-23)32(33,34)35)19-24-25-26(28(41)39(27(25)40)18-21-11-7-4-8-12-21)31(37-24,29(42)44-2)17-20-9-5-3-6-10-20;3-2(4,5)1(6)7/h3-16,24-26,37H,17-19H2,1-2H3,(H,36,43);(H,6,7)/t24-,25+,26-,31-;/m1./s1. The van der Waals surface area contributed by atoms with Crippen molar-refractivity contribution in [3.8, 4) is 0 Å². The summed E-state index contributed by atoms with van der Waals surface area (Å²) in [4.78, 5) is 65.9. The van der Waals surface area contributed by atoms with E-state index in [0.29, 0.717) is 0 Å². The number of anilines is 1. The Morgan fingerprint density at radius 2 is 1.41 bits per heavy atom.